The van der Waals surface area contributed by atoms with E-state index in [0.29, 0.717) is 23.1 Å². The number of nitrogens with zero attached hydrogens (tertiary/aromatic N) is 1. The fraction of sp³-hybridized carbons (Fsp3) is 0.214. The van der Waals surface area contributed by atoms with Crippen LogP contribution >= 0.6 is 11.6 Å². The number of nitrogens with two attached hydrogens (primary N) is 1. The molecule has 94 valence electrons. The van der Waals surface area contributed by atoms with Gasteiger partial charge in [0.15, 0.2) is 0 Å². The molecule has 0 aliphatic carbocycles. The van der Waals surface area contributed by atoms with Crippen LogP contribution in [0.5, 0.6) is 0 Å². The summed E-state index contributed by atoms with van der Waals surface area (Å²) in [5.74, 6) is 0.664. The molecule has 3 N–H and O–H groups in total. The largest absolute Gasteiger partial charge is 0.397 e. The number of hydrogen-bond acceptors (Lipinski definition) is 3. The molecular weight excluding hydrogens is 246 g/mol. The number of anilines is 2. The van der Waals surface area contributed by atoms with Crippen LogP contribution < -0.4 is 11.1 Å². The van der Waals surface area contributed by atoms with Crippen LogP contribution in [0.25, 0.3) is 0 Å². The van der Waals surface area contributed by atoms with Crippen molar-refractivity contribution < 1.29 is 0 Å². The molecule has 0 radical (unpaired) electrons. The first-order valence-electron chi connectivity index (χ1n) is 5.92. The van der Waals surface area contributed by atoms with Crippen LogP contribution in [-0.4, -0.2) is 4.98 Å². The predicted octanol–water partition coefficient (Wildman–Crippen LogP) is 3.49. The fourth-order valence-electron chi connectivity index (χ4n) is 1.84. The molecule has 2 aromatic rings. The van der Waals surface area contributed by atoms with Gasteiger partial charge in [-0.1, -0.05) is 42.8 Å². The van der Waals surface area contributed by atoms with Gasteiger partial charge in [-0.2, -0.15) is 0 Å². The Morgan fingerprint density at radius 2 is 2.00 bits per heavy atom. The summed E-state index contributed by atoms with van der Waals surface area (Å²) in [6.45, 7) is 2.86. The van der Waals surface area contributed by atoms with E-state index < -0.39 is 0 Å². The number of nitrogen functional groups attached to an aromatic ring is 1. The summed E-state index contributed by atoms with van der Waals surface area (Å²) >= 11 is 6.06. The zero-order valence-electron chi connectivity index (χ0n) is 10.3. The lowest BCUT2D eigenvalue weighted by molar-refractivity contribution is 1.03. The van der Waals surface area contributed by atoms with Gasteiger partial charge in [0.2, 0.25) is 0 Å². The maximum Gasteiger partial charge on any atom is 0.145 e. The van der Waals surface area contributed by atoms with Crippen molar-refractivity contribution in [2.24, 2.45) is 0 Å². The van der Waals surface area contributed by atoms with Gasteiger partial charge in [-0.15, -0.1) is 0 Å². The summed E-state index contributed by atoms with van der Waals surface area (Å²) in [6, 6.07) is 10.0. The van der Waals surface area contributed by atoms with Crippen LogP contribution in [0.3, 0.4) is 0 Å². The first-order valence-corrected chi connectivity index (χ1v) is 6.30. The number of aromatic nitrogens is 1. The van der Waals surface area contributed by atoms with Gasteiger partial charge in [0.25, 0.3) is 0 Å². The SMILES string of the molecule is CCc1ccccc1CNc1ncc(N)cc1Cl. The minimum absolute atomic E-state index is 0.545. The van der Waals surface area contributed by atoms with Crippen LogP contribution in [0.15, 0.2) is 36.5 Å². The number of benzene rings is 1. The normalized spacial score (nSPS) is 10.3. The molecular formula is C14H16ClN3. The summed E-state index contributed by atoms with van der Waals surface area (Å²) in [7, 11) is 0. The van der Waals surface area contributed by atoms with Crippen LogP contribution in [0.2, 0.25) is 5.02 Å². The first kappa shape index (κ1) is 12.7. The number of rotatable bonds is 4. The number of hydrogen-bond donors (Lipinski definition) is 2. The van der Waals surface area contributed by atoms with Crippen molar-refractivity contribution in [1.82, 2.24) is 4.98 Å². The van der Waals surface area contributed by atoms with Crippen molar-refractivity contribution in [2.75, 3.05) is 11.1 Å². The molecule has 4 heteroatoms. The maximum absolute atomic E-state index is 6.06. The molecule has 1 aromatic heterocycles. The van der Waals surface area contributed by atoms with Crippen molar-refractivity contribution in [3.05, 3.63) is 52.7 Å². The second-order valence-electron chi connectivity index (χ2n) is 4.07. The third-order valence-corrected chi connectivity index (χ3v) is 3.10. The van der Waals surface area contributed by atoms with E-state index in [9.17, 15) is 0 Å². The minimum Gasteiger partial charge on any atom is -0.397 e. The van der Waals surface area contributed by atoms with E-state index in [2.05, 4.69) is 35.4 Å². The highest BCUT2D eigenvalue weighted by Gasteiger charge is 2.04. The first-order chi connectivity index (χ1) is 8.70. The molecule has 0 bridgehead atoms. The van der Waals surface area contributed by atoms with Crippen molar-refractivity contribution in [1.29, 1.82) is 0 Å². The van der Waals surface area contributed by atoms with Crippen LogP contribution in [0.1, 0.15) is 18.1 Å². The van der Waals surface area contributed by atoms with E-state index in [-0.39, 0.29) is 0 Å². The predicted molar refractivity (Wildman–Crippen MR) is 76.8 cm³/mol. The Morgan fingerprint density at radius 1 is 1.28 bits per heavy atom. The molecule has 2 rings (SSSR count). The second-order valence-corrected chi connectivity index (χ2v) is 4.48. The summed E-state index contributed by atoms with van der Waals surface area (Å²) in [5.41, 5.74) is 8.76. The van der Waals surface area contributed by atoms with Gasteiger partial charge in [0.1, 0.15) is 5.82 Å². The second kappa shape index (κ2) is 5.74. The summed E-state index contributed by atoms with van der Waals surface area (Å²) in [4.78, 5) is 4.18. The van der Waals surface area contributed by atoms with Crippen molar-refractivity contribution in [2.45, 2.75) is 19.9 Å². The highest BCUT2D eigenvalue weighted by Crippen LogP contribution is 2.22. The fourth-order valence-corrected chi connectivity index (χ4v) is 2.08. The summed E-state index contributed by atoms with van der Waals surface area (Å²) < 4.78 is 0. The molecule has 0 fully saturated rings. The zero-order chi connectivity index (χ0) is 13.0. The van der Waals surface area contributed by atoms with Crippen LogP contribution in [-0.2, 0) is 13.0 Å². The molecule has 0 saturated carbocycles. The number of halogens is 1. The molecule has 0 spiro atoms. The number of pyridine rings is 1. The van der Waals surface area contributed by atoms with Gasteiger partial charge in [-0.25, -0.2) is 4.98 Å². The minimum atomic E-state index is 0.545. The van der Waals surface area contributed by atoms with Gasteiger partial charge >= 0.3 is 0 Å². The molecule has 0 amide bonds. The van der Waals surface area contributed by atoms with Crippen molar-refractivity contribution in [3.8, 4) is 0 Å². The topological polar surface area (TPSA) is 50.9 Å². The molecule has 0 aliphatic rings. The third-order valence-electron chi connectivity index (χ3n) is 2.81. The van der Waals surface area contributed by atoms with Gasteiger partial charge in [0.05, 0.1) is 16.9 Å². The smallest absolute Gasteiger partial charge is 0.145 e. The van der Waals surface area contributed by atoms with E-state index in [1.807, 2.05) is 6.07 Å². The third kappa shape index (κ3) is 2.93. The molecule has 0 atom stereocenters. The van der Waals surface area contributed by atoms with E-state index >= 15 is 0 Å². The van der Waals surface area contributed by atoms with Gasteiger partial charge in [-0.05, 0) is 23.6 Å². The lowest BCUT2D eigenvalue weighted by atomic mass is 10.1. The average molecular weight is 262 g/mol. The van der Waals surface area contributed by atoms with Gasteiger partial charge in [0, 0.05) is 6.54 Å². The Morgan fingerprint density at radius 3 is 2.67 bits per heavy atom. The summed E-state index contributed by atoms with van der Waals surface area (Å²) in [6.07, 6.45) is 2.61. The number of aryl methyl sites for hydroxylation is 1. The lowest BCUT2D eigenvalue weighted by Crippen LogP contribution is -2.04. The number of nitrogens with one attached hydrogen (secondary N) is 1. The quantitative estimate of drug-likeness (QED) is 0.886. The van der Waals surface area contributed by atoms with E-state index in [4.69, 9.17) is 17.3 Å². The molecule has 18 heavy (non-hydrogen) atoms. The Balaban J connectivity index is 2.11. The van der Waals surface area contributed by atoms with E-state index in [1.54, 1.807) is 12.3 Å². The van der Waals surface area contributed by atoms with Gasteiger partial charge < -0.3 is 11.1 Å². The zero-order valence-corrected chi connectivity index (χ0v) is 11.0. The monoisotopic (exact) mass is 261 g/mol. The molecule has 1 aromatic carbocycles. The van der Waals surface area contributed by atoms with Crippen molar-refractivity contribution in [3.63, 3.8) is 0 Å². The van der Waals surface area contributed by atoms with Crippen LogP contribution in [0.4, 0.5) is 11.5 Å². The molecule has 0 saturated heterocycles. The molecule has 0 unspecified atom stereocenters. The van der Waals surface area contributed by atoms with E-state index in [0.717, 1.165) is 6.42 Å². The summed E-state index contributed by atoms with van der Waals surface area (Å²) in [5, 5.41) is 3.78. The molecule has 1 heterocycles. The average Bonchev–Trinajstić information content (AvgIpc) is 2.38. The van der Waals surface area contributed by atoms with Gasteiger partial charge in [-0.3, -0.25) is 0 Å². The Labute approximate surface area is 112 Å². The maximum atomic E-state index is 6.06. The molecule has 0 aliphatic heterocycles. The Hall–Kier alpha value is -1.74. The highest BCUT2D eigenvalue weighted by molar-refractivity contribution is 6.33. The van der Waals surface area contributed by atoms with Crippen molar-refractivity contribution >= 4 is 23.1 Å². The Kier molecular flexibility index (Phi) is 4.05. The molecule has 3 nitrogen and oxygen atoms in total. The van der Waals surface area contributed by atoms with E-state index in [1.165, 1.54) is 11.1 Å². The van der Waals surface area contributed by atoms with Crippen LogP contribution in [0, 0.1) is 0 Å². The lowest BCUT2D eigenvalue weighted by Gasteiger charge is -2.10. The Bertz CT molecular complexity index is 540. The highest BCUT2D eigenvalue weighted by atomic mass is 35.5. The standard InChI is InChI=1S/C14H16ClN3/c1-2-10-5-3-4-6-11(10)8-17-14-13(15)7-12(16)9-18-14/h3-7,9H,2,8,16H2,1H3,(H,17,18).